The quantitative estimate of drug-likeness (QED) is 0.920. The van der Waals surface area contributed by atoms with E-state index in [0.717, 1.165) is 24.1 Å². The molecule has 6 nitrogen and oxygen atoms in total. The number of nitrogens with zero attached hydrogens (tertiary/aromatic N) is 3. The Hall–Kier alpha value is -2.21. The van der Waals surface area contributed by atoms with Gasteiger partial charge in [-0.15, -0.1) is 0 Å². The van der Waals surface area contributed by atoms with E-state index >= 15 is 0 Å². The number of rotatable bonds is 2. The fourth-order valence-corrected chi connectivity index (χ4v) is 2.85. The highest BCUT2D eigenvalue weighted by atomic mass is 35.5. The first kappa shape index (κ1) is 14.7. The predicted octanol–water partition coefficient (Wildman–Crippen LogP) is 2.13. The van der Waals surface area contributed by atoms with E-state index in [1.54, 1.807) is 17.7 Å². The van der Waals surface area contributed by atoms with Crippen molar-refractivity contribution in [2.45, 2.75) is 25.7 Å². The molecule has 1 atom stereocenters. The van der Waals surface area contributed by atoms with Crippen molar-refractivity contribution in [1.29, 1.82) is 0 Å². The fraction of sp³-hybridized carbons (Fsp3) is 0.333. The molecule has 0 saturated heterocycles. The molecule has 0 spiro atoms. The van der Waals surface area contributed by atoms with Crippen molar-refractivity contribution >= 4 is 23.5 Å². The standard InChI is InChI=1S/C15H15ClN4O2/c1-8-3-4-12-10(8)5-11(14(22)20(12)2)13(21)19-15-17-6-9(16)7-18-15/h5-8H,3-4H2,1-2H3,(H,17,18,19,21)/t8-/m0/s1. The van der Waals surface area contributed by atoms with Crippen LogP contribution in [-0.4, -0.2) is 20.4 Å². The lowest BCUT2D eigenvalue weighted by molar-refractivity contribution is 0.102. The molecule has 0 aliphatic heterocycles. The number of nitrogens with one attached hydrogen (secondary N) is 1. The Balaban J connectivity index is 1.96. The minimum absolute atomic E-state index is 0.105. The Labute approximate surface area is 132 Å². The number of halogens is 1. The van der Waals surface area contributed by atoms with Crippen LogP contribution in [0.25, 0.3) is 0 Å². The summed E-state index contributed by atoms with van der Waals surface area (Å²) in [5, 5.41) is 2.90. The number of hydrogen-bond acceptors (Lipinski definition) is 4. The molecule has 1 aliphatic carbocycles. The molecule has 1 aliphatic rings. The summed E-state index contributed by atoms with van der Waals surface area (Å²) in [5.74, 6) is -0.0463. The molecule has 0 radical (unpaired) electrons. The summed E-state index contributed by atoms with van der Waals surface area (Å²) in [7, 11) is 1.70. The second-order valence-corrected chi connectivity index (χ2v) is 5.88. The molecule has 1 N–H and O–H groups in total. The average Bonchev–Trinajstić information content (AvgIpc) is 2.86. The van der Waals surface area contributed by atoms with Crippen LogP contribution in [0.3, 0.4) is 0 Å². The van der Waals surface area contributed by atoms with E-state index in [2.05, 4.69) is 22.2 Å². The number of fused-ring (bicyclic) bond motifs is 1. The van der Waals surface area contributed by atoms with E-state index in [-0.39, 0.29) is 17.1 Å². The lowest BCUT2D eigenvalue weighted by atomic mass is 10.0. The Morgan fingerprint density at radius 3 is 2.77 bits per heavy atom. The molecule has 2 aromatic heterocycles. The summed E-state index contributed by atoms with van der Waals surface area (Å²) in [6.45, 7) is 2.10. The number of pyridine rings is 1. The molecule has 0 aromatic carbocycles. The first-order chi connectivity index (χ1) is 10.5. The molecular formula is C15H15ClN4O2. The van der Waals surface area contributed by atoms with Crippen molar-refractivity contribution < 1.29 is 4.79 Å². The number of carbonyl (C=O) groups excluding carboxylic acids is 1. The molecular weight excluding hydrogens is 304 g/mol. The molecule has 22 heavy (non-hydrogen) atoms. The Morgan fingerprint density at radius 1 is 1.41 bits per heavy atom. The molecule has 3 rings (SSSR count). The van der Waals surface area contributed by atoms with Gasteiger partial charge in [-0.1, -0.05) is 18.5 Å². The third-order valence-corrected chi connectivity index (χ3v) is 4.20. The van der Waals surface area contributed by atoms with E-state index < -0.39 is 5.91 Å². The van der Waals surface area contributed by atoms with Gasteiger partial charge in [0.05, 0.1) is 17.4 Å². The van der Waals surface area contributed by atoms with Crippen molar-refractivity contribution in [2.75, 3.05) is 5.32 Å². The van der Waals surface area contributed by atoms with Crippen LogP contribution >= 0.6 is 11.6 Å². The highest BCUT2D eigenvalue weighted by molar-refractivity contribution is 6.30. The van der Waals surface area contributed by atoms with Gasteiger partial charge in [-0.25, -0.2) is 9.97 Å². The van der Waals surface area contributed by atoms with Gasteiger partial charge in [-0.3, -0.25) is 14.9 Å². The lowest BCUT2D eigenvalue weighted by Gasteiger charge is -2.11. The second-order valence-electron chi connectivity index (χ2n) is 5.44. The first-order valence-corrected chi connectivity index (χ1v) is 7.37. The molecule has 1 amide bonds. The Bertz CT molecular complexity index is 798. The maximum absolute atomic E-state index is 12.4. The van der Waals surface area contributed by atoms with Crippen molar-refractivity contribution in [1.82, 2.24) is 14.5 Å². The smallest absolute Gasteiger partial charge is 0.263 e. The zero-order chi connectivity index (χ0) is 15.9. The summed E-state index contributed by atoms with van der Waals surface area (Å²) >= 11 is 5.70. The third-order valence-electron chi connectivity index (χ3n) is 4.01. The number of hydrogen-bond donors (Lipinski definition) is 1. The fourth-order valence-electron chi connectivity index (χ4n) is 2.75. The Kier molecular flexibility index (Phi) is 3.70. The summed E-state index contributed by atoms with van der Waals surface area (Å²) in [6.07, 6.45) is 4.62. The average molecular weight is 319 g/mol. The number of aromatic nitrogens is 3. The molecule has 114 valence electrons. The van der Waals surface area contributed by atoms with Gasteiger partial charge in [0.25, 0.3) is 11.5 Å². The lowest BCUT2D eigenvalue weighted by Crippen LogP contribution is -2.30. The molecule has 0 fully saturated rings. The highest BCUT2D eigenvalue weighted by Crippen LogP contribution is 2.31. The highest BCUT2D eigenvalue weighted by Gasteiger charge is 2.25. The summed E-state index contributed by atoms with van der Waals surface area (Å²) in [5.41, 5.74) is 1.87. The third kappa shape index (κ3) is 2.50. The number of carbonyl (C=O) groups is 1. The van der Waals surface area contributed by atoms with E-state index in [4.69, 9.17) is 11.6 Å². The molecule has 2 heterocycles. The minimum Gasteiger partial charge on any atom is -0.315 e. The first-order valence-electron chi connectivity index (χ1n) is 6.99. The van der Waals surface area contributed by atoms with E-state index in [0.29, 0.717) is 10.9 Å². The zero-order valence-corrected chi connectivity index (χ0v) is 13.0. The maximum atomic E-state index is 12.4. The molecule has 7 heteroatoms. The molecule has 0 bridgehead atoms. The van der Waals surface area contributed by atoms with Gasteiger partial charge in [0.15, 0.2) is 0 Å². The van der Waals surface area contributed by atoms with Crippen LogP contribution < -0.4 is 10.9 Å². The van der Waals surface area contributed by atoms with Gasteiger partial charge in [0.2, 0.25) is 5.95 Å². The summed E-state index contributed by atoms with van der Waals surface area (Å²) in [4.78, 5) is 32.5. The van der Waals surface area contributed by atoms with Crippen LogP contribution in [0.15, 0.2) is 23.3 Å². The normalized spacial score (nSPS) is 16.4. The van der Waals surface area contributed by atoms with Crippen LogP contribution in [0, 0.1) is 0 Å². The van der Waals surface area contributed by atoms with E-state index in [9.17, 15) is 9.59 Å². The van der Waals surface area contributed by atoms with Crippen molar-refractivity contribution in [3.8, 4) is 0 Å². The van der Waals surface area contributed by atoms with Gasteiger partial charge < -0.3 is 4.57 Å². The zero-order valence-electron chi connectivity index (χ0n) is 12.3. The van der Waals surface area contributed by atoms with Crippen LogP contribution in [0.2, 0.25) is 5.02 Å². The van der Waals surface area contributed by atoms with Gasteiger partial charge in [-0.2, -0.15) is 0 Å². The largest absolute Gasteiger partial charge is 0.315 e. The van der Waals surface area contributed by atoms with Crippen molar-refractivity contribution in [2.24, 2.45) is 7.05 Å². The number of amides is 1. The van der Waals surface area contributed by atoms with E-state index in [1.807, 2.05) is 0 Å². The van der Waals surface area contributed by atoms with Crippen LogP contribution in [-0.2, 0) is 13.5 Å². The second kappa shape index (κ2) is 5.53. The van der Waals surface area contributed by atoms with Gasteiger partial charge in [0, 0.05) is 12.7 Å². The minimum atomic E-state index is -0.509. The van der Waals surface area contributed by atoms with Crippen LogP contribution in [0.4, 0.5) is 5.95 Å². The molecule has 2 aromatic rings. The topological polar surface area (TPSA) is 76.9 Å². The summed E-state index contributed by atoms with van der Waals surface area (Å²) in [6, 6.07) is 1.70. The monoisotopic (exact) mass is 318 g/mol. The number of anilines is 1. The van der Waals surface area contributed by atoms with Crippen molar-refractivity contribution in [3.05, 3.63) is 50.7 Å². The molecule has 0 saturated carbocycles. The Morgan fingerprint density at radius 2 is 2.09 bits per heavy atom. The molecule has 0 unspecified atom stereocenters. The van der Waals surface area contributed by atoms with E-state index in [1.165, 1.54) is 12.4 Å². The van der Waals surface area contributed by atoms with Gasteiger partial charge in [-0.05, 0) is 30.4 Å². The van der Waals surface area contributed by atoms with Crippen LogP contribution in [0.1, 0.15) is 40.9 Å². The van der Waals surface area contributed by atoms with Crippen LogP contribution in [0.5, 0.6) is 0 Å². The SMILES string of the molecule is C[C@H]1CCc2c1cc(C(=O)Nc1ncc(Cl)cn1)c(=O)n2C. The van der Waals surface area contributed by atoms with Crippen molar-refractivity contribution in [3.63, 3.8) is 0 Å². The van der Waals surface area contributed by atoms with Gasteiger partial charge >= 0.3 is 0 Å². The van der Waals surface area contributed by atoms with Gasteiger partial charge in [0.1, 0.15) is 5.56 Å². The maximum Gasteiger partial charge on any atom is 0.263 e. The predicted molar refractivity (Wildman–Crippen MR) is 83.4 cm³/mol. The summed E-state index contributed by atoms with van der Waals surface area (Å²) < 4.78 is 1.57.